The highest BCUT2D eigenvalue weighted by molar-refractivity contribution is 5.99. The van der Waals surface area contributed by atoms with Crippen LogP contribution < -0.4 is 19.5 Å². The highest BCUT2D eigenvalue weighted by Gasteiger charge is 2.51. The summed E-state index contributed by atoms with van der Waals surface area (Å²) in [6.07, 6.45) is 0.337. The van der Waals surface area contributed by atoms with Gasteiger partial charge in [0.05, 0.1) is 38.9 Å². The fourth-order valence-corrected chi connectivity index (χ4v) is 5.94. The van der Waals surface area contributed by atoms with Crippen LogP contribution in [0.3, 0.4) is 0 Å². The number of aliphatic hydroxyl groups excluding tert-OH is 2. The van der Waals surface area contributed by atoms with E-state index in [1.807, 2.05) is 13.8 Å². The van der Waals surface area contributed by atoms with Crippen LogP contribution in [0.4, 0.5) is 0 Å². The molecule has 4 unspecified atom stereocenters. The van der Waals surface area contributed by atoms with Crippen molar-refractivity contribution < 1.29 is 48.0 Å². The first-order valence-electron chi connectivity index (χ1n) is 14.8. The molecule has 12 heteroatoms. The Bertz CT molecular complexity index is 1600. The minimum Gasteiger partial charge on any atom is -0.493 e. The van der Waals surface area contributed by atoms with E-state index in [1.54, 1.807) is 36.4 Å². The fraction of sp³-hybridized carbons (Fsp3) is 0.424. The van der Waals surface area contributed by atoms with Gasteiger partial charge in [0.1, 0.15) is 18.5 Å². The summed E-state index contributed by atoms with van der Waals surface area (Å²) in [7, 11) is 2.94. The summed E-state index contributed by atoms with van der Waals surface area (Å²) in [6, 6.07) is 9.03. The fourth-order valence-electron chi connectivity index (χ4n) is 5.94. The van der Waals surface area contributed by atoms with Crippen LogP contribution in [0.25, 0.3) is 11.0 Å². The summed E-state index contributed by atoms with van der Waals surface area (Å²) in [5.74, 6) is -0.733. The molecule has 2 heterocycles. The van der Waals surface area contributed by atoms with Gasteiger partial charge in [-0.1, -0.05) is 12.1 Å². The molecule has 2 aromatic carbocycles. The van der Waals surface area contributed by atoms with E-state index in [-0.39, 0.29) is 42.9 Å². The first-order valence-corrected chi connectivity index (χ1v) is 14.8. The SMILES string of the molecule is COc1cc(C=O)cc2c1OC1C2C(C(=O)NCCO)=CC(N(CCCOC(C)C)C(=O)c2cc3cccc(OC)c3o2)C1O. The van der Waals surface area contributed by atoms with Gasteiger partial charge in [-0.3, -0.25) is 14.4 Å². The third kappa shape index (κ3) is 6.26. The van der Waals surface area contributed by atoms with E-state index in [0.29, 0.717) is 52.9 Å². The molecule has 3 aromatic rings. The maximum atomic E-state index is 14.2. The zero-order valence-corrected chi connectivity index (χ0v) is 25.6. The Labute approximate surface area is 260 Å². The van der Waals surface area contributed by atoms with Crippen LogP contribution in [0.5, 0.6) is 17.2 Å². The summed E-state index contributed by atoms with van der Waals surface area (Å²) < 4.78 is 28.9. The molecule has 45 heavy (non-hydrogen) atoms. The molecule has 12 nitrogen and oxygen atoms in total. The Morgan fingerprint density at radius 1 is 1.13 bits per heavy atom. The predicted molar refractivity (Wildman–Crippen MR) is 163 cm³/mol. The van der Waals surface area contributed by atoms with Gasteiger partial charge in [0.2, 0.25) is 5.91 Å². The normalized spacial score (nSPS) is 20.2. The van der Waals surface area contributed by atoms with Crippen molar-refractivity contribution in [3.05, 3.63) is 64.9 Å². The molecule has 4 atom stereocenters. The van der Waals surface area contributed by atoms with Crippen molar-refractivity contribution in [1.29, 1.82) is 0 Å². The van der Waals surface area contributed by atoms with Crippen molar-refractivity contribution in [1.82, 2.24) is 10.2 Å². The zero-order chi connectivity index (χ0) is 32.2. The molecule has 0 saturated carbocycles. The molecular weight excluding hydrogens is 584 g/mol. The number of aliphatic hydroxyl groups is 2. The number of rotatable bonds is 13. The van der Waals surface area contributed by atoms with Crippen molar-refractivity contribution in [2.75, 3.05) is 40.5 Å². The number of furan rings is 1. The first-order chi connectivity index (χ1) is 21.7. The van der Waals surface area contributed by atoms with Crippen molar-refractivity contribution in [3.63, 3.8) is 0 Å². The van der Waals surface area contributed by atoms with Gasteiger partial charge in [-0.05, 0) is 50.6 Å². The number of carbonyl (C=O) groups excluding carboxylic acids is 3. The summed E-state index contributed by atoms with van der Waals surface area (Å²) in [4.78, 5) is 41.0. The van der Waals surface area contributed by atoms with Gasteiger partial charge in [0.15, 0.2) is 28.6 Å². The van der Waals surface area contributed by atoms with Crippen LogP contribution in [0.1, 0.15) is 52.7 Å². The van der Waals surface area contributed by atoms with E-state index in [9.17, 15) is 24.6 Å². The molecule has 0 fully saturated rings. The van der Waals surface area contributed by atoms with E-state index in [1.165, 1.54) is 25.2 Å². The summed E-state index contributed by atoms with van der Waals surface area (Å²) in [5, 5.41) is 24.6. The lowest BCUT2D eigenvalue weighted by molar-refractivity contribution is -0.118. The van der Waals surface area contributed by atoms with Crippen LogP contribution >= 0.6 is 0 Å². The standard InChI is InChI=1S/C33H38N2O10/c1-18(2)43-12-6-10-35(33(40)26-15-20-7-5-8-24(41-3)29(20)44-26)23-16-22(32(39)34-9-11-36)27-21-13-19(17-37)14-25(42-4)30(21)45-31(27)28(23)38/h5,7-8,13-18,23,27-28,31,36,38H,6,9-12H2,1-4H3,(H,34,39). The van der Waals surface area contributed by atoms with E-state index in [2.05, 4.69) is 5.32 Å². The maximum Gasteiger partial charge on any atom is 0.290 e. The van der Waals surface area contributed by atoms with Crippen molar-refractivity contribution in [3.8, 4) is 17.2 Å². The number of benzene rings is 2. The Balaban J connectivity index is 1.59. The number of aldehydes is 1. The molecule has 1 aliphatic heterocycles. The molecule has 2 amide bonds. The van der Waals surface area contributed by atoms with Gasteiger partial charge < -0.3 is 43.8 Å². The lowest BCUT2D eigenvalue weighted by Gasteiger charge is -2.40. The number of amides is 2. The highest BCUT2D eigenvalue weighted by atomic mass is 16.5. The molecular formula is C33H38N2O10. The molecule has 240 valence electrons. The van der Waals surface area contributed by atoms with Crippen molar-refractivity contribution in [2.24, 2.45) is 0 Å². The molecule has 0 radical (unpaired) electrons. The Morgan fingerprint density at radius 2 is 1.91 bits per heavy atom. The van der Waals surface area contributed by atoms with Gasteiger partial charge in [-0.2, -0.15) is 0 Å². The highest BCUT2D eigenvalue weighted by Crippen LogP contribution is 2.51. The molecule has 1 aliphatic carbocycles. The molecule has 3 N–H and O–H groups in total. The van der Waals surface area contributed by atoms with Crippen molar-refractivity contribution >= 4 is 29.1 Å². The maximum absolute atomic E-state index is 14.2. The summed E-state index contributed by atoms with van der Waals surface area (Å²) in [5.41, 5.74) is 1.43. The van der Waals surface area contributed by atoms with Gasteiger partial charge >= 0.3 is 0 Å². The third-order valence-corrected chi connectivity index (χ3v) is 7.96. The van der Waals surface area contributed by atoms with E-state index >= 15 is 0 Å². The Morgan fingerprint density at radius 3 is 2.60 bits per heavy atom. The number of ether oxygens (including phenoxy) is 4. The van der Waals surface area contributed by atoms with Crippen molar-refractivity contribution in [2.45, 2.75) is 50.5 Å². The van der Waals surface area contributed by atoms with Crippen LogP contribution in [-0.2, 0) is 9.53 Å². The average Bonchev–Trinajstić information content (AvgIpc) is 3.66. The van der Waals surface area contributed by atoms with Gasteiger partial charge in [-0.25, -0.2) is 0 Å². The number of nitrogens with zero attached hydrogens (tertiary/aromatic N) is 1. The van der Waals surface area contributed by atoms with E-state index < -0.39 is 36.0 Å². The third-order valence-electron chi connectivity index (χ3n) is 7.96. The number of hydrogen-bond acceptors (Lipinski definition) is 10. The number of para-hydroxylation sites is 1. The van der Waals surface area contributed by atoms with Crippen LogP contribution in [0.2, 0.25) is 0 Å². The minimum atomic E-state index is -1.30. The second-order valence-corrected chi connectivity index (χ2v) is 11.2. The largest absolute Gasteiger partial charge is 0.493 e. The number of hydrogen-bond donors (Lipinski definition) is 3. The van der Waals surface area contributed by atoms with Gasteiger partial charge in [-0.15, -0.1) is 0 Å². The van der Waals surface area contributed by atoms with Gasteiger partial charge in [0.25, 0.3) is 5.91 Å². The topological polar surface area (TPSA) is 157 Å². The second kappa shape index (κ2) is 13.7. The number of carbonyl (C=O) groups is 3. The van der Waals surface area contributed by atoms with Crippen LogP contribution in [0.15, 0.2) is 52.5 Å². The number of nitrogens with one attached hydrogen (secondary N) is 1. The molecule has 5 rings (SSSR count). The number of methoxy groups -OCH3 is 2. The molecule has 0 spiro atoms. The minimum absolute atomic E-state index is 0.0117. The van der Waals surface area contributed by atoms with Crippen LogP contribution in [-0.4, -0.2) is 98.1 Å². The number of fused-ring (bicyclic) bond motifs is 4. The van der Waals surface area contributed by atoms with Crippen LogP contribution in [0, 0.1) is 0 Å². The first kappa shape index (κ1) is 32.0. The molecule has 0 bridgehead atoms. The van der Waals surface area contributed by atoms with Gasteiger partial charge in [0, 0.05) is 41.8 Å². The lowest BCUT2D eigenvalue weighted by Crippen LogP contribution is -2.56. The molecule has 1 aromatic heterocycles. The Hall–Kier alpha value is -4.39. The summed E-state index contributed by atoms with van der Waals surface area (Å²) in [6.45, 7) is 4.04. The average molecular weight is 623 g/mol. The zero-order valence-electron chi connectivity index (χ0n) is 25.6. The molecule has 2 aliphatic rings. The summed E-state index contributed by atoms with van der Waals surface area (Å²) >= 11 is 0. The molecule has 0 saturated heterocycles. The Kier molecular flexibility index (Phi) is 9.76. The second-order valence-electron chi connectivity index (χ2n) is 11.2. The van der Waals surface area contributed by atoms with E-state index in [4.69, 9.17) is 23.4 Å². The van der Waals surface area contributed by atoms with E-state index in [0.717, 1.165) is 0 Å². The quantitative estimate of drug-likeness (QED) is 0.191. The smallest absolute Gasteiger partial charge is 0.290 e. The predicted octanol–water partition coefficient (Wildman–Crippen LogP) is 2.84. The monoisotopic (exact) mass is 622 g/mol. The lowest BCUT2D eigenvalue weighted by atomic mass is 9.77.